The average molecular weight is 278 g/mol. The fourth-order valence-corrected chi connectivity index (χ4v) is 1.62. The Morgan fingerprint density at radius 1 is 1.32 bits per heavy atom. The van der Waals surface area contributed by atoms with Gasteiger partial charge in [0.15, 0.2) is 0 Å². The van der Waals surface area contributed by atoms with Crippen molar-refractivity contribution in [1.82, 2.24) is 9.97 Å². The number of carbonyl (C=O) groups is 1. The summed E-state index contributed by atoms with van der Waals surface area (Å²) in [6, 6.07) is 7.09. The molecule has 19 heavy (non-hydrogen) atoms. The van der Waals surface area contributed by atoms with Crippen LogP contribution in [0, 0.1) is 6.92 Å². The van der Waals surface area contributed by atoms with Crippen molar-refractivity contribution in [3.8, 4) is 6.01 Å². The number of hydrogen-bond acceptors (Lipinski definition) is 4. The average Bonchev–Trinajstić information content (AvgIpc) is 2.41. The van der Waals surface area contributed by atoms with Gasteiger partial charge in [0.2, 0.25) is 0 Å². The number of rotatable bonds is 3. The Balaban J connectivity index is 2.18. The van der Waals surface area contributed by atoms with E-state index in [4.69, 9.17) is 16.3 Å². The maximum Gasteiger partial charge on any atom is 0.316 e. The summed E-state index contributed by atoms with van der Waals surface area (Å²) in [5.41, 5.74) is 1.61. The predicted octanol–water partition coefficient (Wildman–Crippen LogP) is 2.70. The highest BCUT2D eigenvalue weighted by Gasteiger charge is 2.12. The van der Waals surface area contributed by atoms with Crippen LogP contribution in [0.25, 0.3) is 0 Å². The maximum atomic E-state index is 12.1. The molecule has 1 N–H and O–H groups in total. The first-order valence-electron chi connectivity index (χ1n) is 5.54. The van der Waals surface area contributed by atoms with E-state index in [1.165, 1.54) is 13.3 Å². The molecule has 2 rings (SSSR count). The second-order valence-corrected chi connectivity index (χ2v) is 4.25. The van der Waals surface area contributed by atoms with Crippen LogP contribution >= 0.6 is 11.6 Å². The highest BCUT2D eigenvalue weighted by Crippen LogP contribution is 2.15. The molecule has 6 heteroatoms. The zero-order valence-corrected chi connectivity index (χ0v) is 11.2. The van der Waals surface area contributed by atoms with Crippen LogP contribution < -0.4 is 10.1 Å². The first kappa shape index (κ1) is 13.3. The lowest BCUT2D eigenvalue weighted by molar-refractivity contribution is 0.102. The molecule has 0 aliphatic rings. The van der Waals surface area contributed by atoms with Gasteiger partial charge < -0.3 is 10.1 Å². The second-order valence-electron chi connectivity index (χ2n) is 3.82. The lowest BCUT2D eigenvalue weighted by atomic mass is 10.2. The molecule has 0 spiro atoms. The van der Waals surface area contributed by atoms with E-state index in [9.17, 15) is 4.79 Å². The van der Waals surface area contributed by atoms with Crippen LogP contribution in [0.3, 0.4) is 0 Å². The van der Waals surface area contributed by atoms with Crippen molar-refractivity contribution in [3.63, 3.8) is 0 Å². The molecule has 1 heterocycles. The molecule has 1 aromatic carbocycles. The molecule has 0 aliphatic heterocycles. The van der Waals surface area contributed by atoms with Gasteiger partial charge in [0.05, 0.1) is 18.4 Å². The molecular formula is C13H12ClN3O2. The fraction of sp³-hybridized carbons (Fsp3) is 0.154. The monoisotopic (exact) mass is 277 g/mol. The van der Waals surface area contributed by atoms with Crippen LogP contribution in [0.1, 0.15) is 16.1 Å². The first-order valence-corrected chi connectivity index (χ1v) is 5.92. The summed E-state index contributed by atoms with van der Waals surface area (Å²) >= 11 is 5.78. The third kappa shape index (κ3) is 3.20. The number of aryl methyl sites for hydroxylation is 1. The Morgan fingerprint density at radius 3 is 2.58 bits per heavy atom. The Kier molecular flexibility index (Phi) is 3.97. The number of aromatic nitrogens is 2. The molecule has 5 nitrogen and oxygen atoms in total. The van der Waals surface area contributed by atoms with Crippen molar-refractivity contribution in [3.05, 3.63) is 46.7 Å². The van der Waals surface area contributed by atoms with Crippen LogP contribution in [0.15, 0.2) is 30.5 Å². The van der Waals surface area contributed by atoms with Gasteiger partial charge in [-0.15, -0.1) is 0 Å². The third-order valence-electron chi connectivity index (χ3n) is 2.49. The second kappa shape index (κ2) is 5.67. The number of carbonyl (C=O) groups excluding carboxylic acids is 1. The van der Waals surface area contributed by atoms with Gasteiger partial charge in [-0.05, 0) is 31.2 Å². The minimum Gasteiger partial charge on any atom is -0.467 e. The summed E-state index contributed by atoms with van der Waals surface area (Å²) in [4.78, 5) is 20.0. The van der Waals surface area contributed by atoms with E-state index in [1.54, 1.807) is 31.2 Å². The summed E-state index contributed by atoms with van der Waals surface area (Å²) in [5, 5.41) is 3.36. The van der Waals surface area contributed by atoms with Gasteiger partial charge in [0.1, 0.15) is 0 Å². The molecule has 0 bridgehead atoms. The van der Waals surface area contributed by atoms with E-state index in [1.807, 2.05) is 0 Å². The number of hydrogen-bond donors (Lipinski definition) is 1. The summed E-state index contributed by atoms with van der Waals surface area (Å²) in [7, 11) is 1.47. The van der Waals surface area contributed by atoms with Crippen LogP contribution in [-0.4, -0.2) is 23.0 Å². The molecule has 0 aliphatic carbocycles. The Bertz CT molecular complexity index is 599. The van der Waals surface area contributed by atoms with Crippen molar-refractivity contribution in [1.29, 1.82) is 0 Å². The minimum atomic E-state index is -0.275. The van der Waals surface area contributed by atoms with Gasteiger partial charge in [-0.25, -0.2) is 4.98 Å². The lowest BCUT2D eigenvalue weighted by Gasteiger charge is -2.07. The van der Waals surface area contributed by atoms with Crippen molar-refractivity contribution in [2.45, 2.75) is 6.92 Å². The molecule has 0 unspecified atom stereocenters. The number of nitrogens with one attached hydrogen (secondary N) is 1. The molecule has 0 atom stereocenters. The molecule has 1 amide bonds. The van der Waals surface area contributed by atoms with E-state index in [0.29, 0.717) is 22.0 Å². The number of benzene rings is 1. The smallest absolute Gasteiger partial charge is 0.316 e. The normalized spacial score (nSPS) is 10.1. The highest BCUT2D eigenvalue weighted by atomic mass is 35.5. The lowest BCUT2D eigenvalue weighted by Crippen LogP contribution is -2.14. The van der Waals surface area contributed by atoms with Gasteiger partial charge in [-0.1, -0.05) is 11.6 Å². The third-order valence-corrected chi connectivity index (χ3v) is 2.74. The van der Waals surface area contributed by atoms with E-state index in [0.717, 1.165) is 0 Å². The van der Waals surface area contributed by atoms with Gasteiger partial charge in [0.25, 0.3) is 5.91 Å². The maximum absolute atomic E-state index is 12.1. The topological polar surface area (TPSA) is 64.1 Å². The summed E-state index contributed by atoms with van der Waals surface area (Å²) in [5.74, 6) is -0.275. The molecule has 1 aromatic heterocycles. The number of nitrogens with zero attached hydrogens (tertiary/aromatic N) is 2. The molecule has 0 radical (unpaired) electrons. The van der Waals surface area contributed by atoms with Crippen molar-refractivity contribution in [2.24, 2.45) is 0 Å². The van der Waals surface area contributed by atoms with Crippen LogP contribution in [0.5, 0.6) is 6.01 Å². The SMILES string of the molecule is COc1ncc(C(=O)Nc2ccc(Cl)cc2)c(C)n1. The summed E-state index contributed by atoms with van der Waals surface area (Å²) in [6.07, 6.45) is 1.44. The Labute approximate surface area is 115 Å². The van der Waals surface area contributed by atoms with Crippen LogP contribution in [-0.2, 0) is 0 Å². The quantitative estimate of drug-likeness (QED) is 0.937. The van der Waals surface area contributed by atoms with Crippen molar-refractivity contribution in [2.75, 3.05) is 12.4 Å². The molecular weight excluding hydrogens is 266 g/mol. The van der Waals surface area contributed by atoms with Gasteiger partial charge in [-0.2, -0.15) is 4.98 Å². The number of anilines is 1. The Morgan fingerprint density at radius 2 is 2.00 bits per heavy atom. The van der Waals surface area contributed by atoms with E-state index >= 15 is 0 Å². The highest BCUT2D eigenvalue weighted by molar-refractivity contribution is 6.30. The van der Waals surface area contributed by atoms with Crippen LogP contribution in [0.2, 0.25) is 5.02 Å². The molecule has 98 valence electrons. The van der Waals surface area contributed by atoms with Gasteiger partial charge in [0, 0.05) is 16.9 Å². The van der Waals surface area contributed by atoms with E-state index < -0.39 is 0 Å². The zero-order chi connectivity index (χ0) is 13.8. The Hall–Kier alpha value is -2.14. The van der Waals surface area contributed by atoms with E-state index in [2.05, 4.69) is 15.3 Å². The first-order chi connectivity index (χ1) is 9.10. The van der Waals surface area contributed by atoms with E-state index in [-0.39, 0.29) is 11.9 Å². The van der Waals surface area contributed by atoms with Crippen molar-refractivity contribution >= 4 is 23.2 Å². The standard InChI is InChI=1S/C13H12ClN3O2/c1-8-11(7-15-13(16-8)19-2)12(18)17-10-5-3-9(14)4-6-10/h3-7H,1-2H3,(H,17,18). The number of methoxy groups -OCH3 is 1. The van der Waals surface area contributed by atoms with Crippen molar-refractivity contribution < 1.29 is 9.53 Å². The molecule has 0 saturated carbocycles. The number of ether oxygens (including phenoxy) is 1. The van der Waals surface area contributed by atoms with Crippen LogP contribution in [0.4, 0.5) is 5.69 Å². The zero-order valence-electron chi connectivity index (χ0n) is 10.5. The summed E-state index contributed by atoms with van der Waals surface area (Å²) < 4.78 is 4.89. The molecule has 0 fully saturated rings. The number of amides is 1. The molecule has 0 saturated heterocycles. The largest absolute Gasteiger partial charge is 0.467 e. The molecule has 2 aromatic rings. The van der Waals surface area contributed by atoms with Gasteiger partial charge >= 0.3 is 6.01 Å². The predicted molar refractivity (Wildman–Crippen MR) is 72.7 cm³/mol. The van der Waals surface area contributed by atoms with Gasteiger partial charge in [-0.3, -0.25) is 4.79 Å². The minimum absolute atomic E-state index is 0.237. The summed E-state index contributed by atoms with van der Waals surface area (Å²) in [6.45, 7) is 1.72. The number of halogens is 1. The fourth-order valence-electron chi connectivity index (χ4n) is 1.50.